The van der Waals surface area contributed by atoms with Crippen LogP contribution in [0.3, 0.4) is 0 Å². The van der Waals surface area contributed by atoms with Crippen LogP contribution in [0.1, 0.15) is 30.7 Å². The van der Waals surface area contributed by atoms with Crippen molar-refractivity contribution in [3.63, 3.8) is 0 Å². The first kappa shape index (κ1) is 10.9. The molecule has 3 rings (SSSR count). The molecule has 0 spiro atoms. The molecule has 1 fully saturated rings. The molecule has 1 aliphatic carbocycles. The zero-order valence-electron chi connectivity index (χ0n) is 9.44. The van der Waals surface area contributed by atoms with Gasteiger partial charge in [-0.05, 0) is 46.3 Å². The van der Waals surface area contributed by atoms with Crippen molar-refractivity contribution in [2.75, 3.05) is 0 Å². The lowest BCUT2D eigenvalue weighted by atomic mass is 9.80. The minimum Gasteiger partial charge on any atom is -0.236 e. The van der Waals surface area contributed by atoms with Gasteiger partial charge in [-0.25, -0.2) is 9.97 Å². The van der Waals surface area contributed by atoms with E-state index in [1.807, 2.05) is 6.07 Å². The standard InChI is InChI=1S/C14H13BrN2/c15-14-8-13(16-9-17-14)12-6-4-11(5-7-12)10-2-1-3-10/h4-10H,1-3H2. The van der Waals surface area contributed by atoms with Crippen LogP contribution in [0.4, 0.5) is 0 Å². The second-order valence-corrected chi connectivity index (χ2v) is 5.29. The lowest BCUT2D eigenvalue weighted by Crippen LogP contribution is -2.08. The van der Waals surface area contributed by atoms with E-state index in [0.717, 1.165) is 21.8 Å². The summed E-state index contributed by atoms with van der Waals surface area (Å²) in [6, 6.07) is 10.7. The number of halogens is 1. The summed E-state index contributed by atoms with van der Waals surface area (Å²) in [6.45, 7) is 0. The predicted octanol–water partition coefficient (Wildman–Crippen LogP) is 4.17. The molecule has 2 aromatic rings. The van der Waals surface area contributed by atoms with Gasteiger partial charge < -0.3 is 0 Å². The first-order chi connectivity index (χ1) is 8.33. The molecule has 0 atom stereocenters. The SMILES string of the molecule is Brc1cc(-c2ccc(C3CCC3)cc2)ncn1. The first-order valence-electron chi connectivity index (χ1n) is 5.91. The van der Waals surface area contributed by atoms with Crippen molar-refractivity contribution in [1.82, 2.24) is 9.97 Å². The van der Waals surface area contributed by atoms with Gasteiger partial charge in [0.05, 0.1) is 5.69 Å². The van der Waals surface area contributed by atoms with Gasteiger partial charge in [-0.15, -0.1) is 0 Å². The maximum absolute atomic E-state index is 4.28. The quantitative estimate of drug-likeness (QED) is 0.775. The summed E-state index contributed by atoms with van der Waals surface area (Å²) in [5.74, 6) is 0.793. The minimum absolute atomic E-state index is 0.793. The molecule has 0 unspecified atom stereocenters. The maximum atomic E-state index is 4.28. The normalized spacial score (nSPS) is 15.6. The largest absolute Gasteiger partial charge is 0.236 e. The molecule has 1 heterocycles. The van der Waals surface area contributed by atoms with E-state index in [9.17, 15) is 0 Å². The summed E-state index contributed by atoms with van der Waals surface area (Å²) in [5, 5.41) is 0. The third-order valence-electron chi connectivity index (χ3n) is 3.42. The van der Waals surface area contributed by atoms with E-state index in [2.05, 4.69) is 50.2 Å². The second kappa shape index (κ2) is 4.57. The molecule has 1 aromatic heterocycles. The number of hydrogen-bond donors (Lipinski definition) is 0. The van der Waals surface area contributed by atoms with Gasteiger partial charge in [0.2, 0.25) is 0 Å². The Morgan fingerprint density at radius 3 is 2.41 bits per heavy atom. The number of nitrogens with zero attached hydrogens (tertiary/aromatic N) is 2. The molecule has 0 saturated heterocycles. The summed E-state index contributed by atoms with van der Waals surface area (Å²) >= 11 is 3.37. The van der Waals surface area contributed by atoms with Gasteiger partial charge in [-0.1, -0.05) is 30.7 Å². The average Bonchev–Trinajstić information content (AvgIpc) is 2.28. The summed E-state index contributed by atoms with van der Waals surface area (Å²) in [5.41, 5.74) is 3.58. The van der Waals surface area contributed by atoms with Crippen LogP contribution in [0.25, 0.3) is 11.3 Å². The van der Waals surface area contributed by atoms with Gasteiger partial charge in [0.25, 0.3) is 0 Å². The zero-order chi connectivity index (χ0) is 11.7. The van der Waals surface area contributed by atoms with Crippen molar-refractivity contribution in [3.05, 3.63) is 46.8 Å². The Morgan fingerprint density at radius 1 is 1.06 bits per heavy atom. The molecule has 0 bridgehead atoms. The Hall–Kier alpha value is -1.22. The van der Waals surface area contributed by atoms with E-state index in [0.29, 0.717) is 0 Å². The highest BCUT2D eigenvalue weighted by Gasteiger charge is 2.18. The molecule has 2 nitrogen and oxygen atoms in total. The van der Waals surface area contributed by atoms with Crippen molar-refractivity contribution in [2.45, 2.75) is 25.2 Å². The summed E-state index contributed by atoms with van der Waals surface area (Å²) in [4.78, 5) is 8.32. The van der Waals surface area contributed by atoms with Crippen molar-refractivity contribution in [1.29, 1.82) is 0 Å². The van der Waals surface area contributed by atoms with Crippen LogP contribution in [0.5, 0.6) is 0 Å². The van der Waals surface area contributed by atoms with Gasteiger partial charge in [-0.3, -0.25) is 0 Å². The zero-order valence-corrected chi connectivity index (χ0v) is 11.0. The molecule has 17 heavy (non-hydrogen) atoms. The highest BCUT2D eigenvalue weighted by Crippen LogP contribution is 2.36. The molecule has 1 aromatic carbocycles. The molecule has 0 aliphatic heterocycles. The lowest BCUT2D eigenvalue weighted by Gasteiger charge is -2.25. The lowest BCUT2D eigenvalue weighted by molar-refractivity contribution is 0.420. The van der Waals surface area contributed by atoms with Crippen LogP contribution in [-0.4, -0.2) is 9.97 Å². The van der Waals surface area contributed by atoms with Crippen LogP contribution in [0.15, 0.2) is 41.3 Å². The molecule has 1 aliphatic rings. The van der Waals surface area contributed by atoms with E-state index in [1.54, 1.807) is 6.33 Å². The average molecular weight is 289 g/mol. The van der Waals surface area contributed by atoms with Crippen LogP contribution in [-0.2, 0) is 0 Å². The van der Waals surface area contributed by atoms with Gasteiger partial charge in [0.1, 0.15) is 10.9 Å². The number of rotatable bonds is 2. The van der Waals surface area contributed by atoms with Crippen molar-refractivity contribution >= 4 is 15.9 Å². The topological polar surface area (TPSA) is 25.8 Å². The third kappa shape index (κ3) is 2.25. The first-order valence-corrected chi connectivity index (χ1v) is 6.70. The molecular formula is C14H13BrN2. The predicted molar refractivity (Wildman–Crippen MR) is 71.8 cm³/mol. The Labute approximate surface area is 109 Å². The Balaban J connectivity index is 1.88. The van der Waals surface area contributed by atoms with Gasteiger partial charge in [-0.2, -0.15) is 0 Å². The number of aromatic nitrogens is 2. The molecule has 0 N–H and O–H groups in total. The molecular weight excluding hydrogens is 276 g/mol. The second-order valence-electron chi connectivity index (χ2n) is 4.48. The van der Waals surface area contributed by atoms with Gasteiger partial charge >= 0.3 is 0 Å². The maximum Gasteiger partial charge on any atom is 0.117 e. The highest BCUT2D eigenvalue weighted by molar-refractivity contribution is 9.10. The van der Waals surface area contributed by atoms with E-state index >= 15 is 0 Å². The minimum atomic E-state index is 0.793. The highest BCUT2D eigenvalue weighted by atomic mass is 79.9. The molecule has 0 radical (unpaired) electrons. The number of benzene rings is 1. The monoisotopic (exact) mass is 288 g/mol. The Morgan fingerprint density at radius 2 is 1.82 bits per heavy atom. The fraction of sp³-hybridized carbons (Fsp3) is 0.286. The van der Waals surface area contributed by atoms with Crippen LogP contribution >= 0.6 is 15.9 Å². The molecule has 3 heteroatoms. The smallest absolute Gasteiger partial charge is 0.117 e. The van der Waals surface area contributed by atoms with E-state index in [4.69, 9.17) is 0 Å². The molecule has 86 valence electrons. The molecule has 0 amide bonds. The van der Waals surface area contributed by atoms with E-state index in [-0.39, 0.29) is 0 Å². The Bertz CT molecular complexity index is 518. The molecule has 1 saturated carbocycles. The number of hydrogen-bond acceptors (Lipinski definition) is 2. The van der Waals surface area contributed by atoms with E-state index < -0.39 is 0 Å². The fourth-order valence-electron chi connectivity index (χ4n) is 2.16. The summed E-state index contributed by atoms with van der Waals surface area (Å²) in [7, 11) is 0. The van der Waals surface area contributed by atoms with Crippen LogP contribution in [0, 0.1) is 0 Å². The van der Waals surface area contributed by atoms with Crippen LogP contribution < -0.4 is 0 Å². The van der Waals surface area contributed by atoms with Crippen molar-refractivity contribution in [2.24, 2.45) is 0 Å². The van der Waals surface area contributed by atoms with Crippen molar-refractivity contribution < 1.29 is 0 Å². The van der Waals surface area contributed by atoms with Crippen LogP contribution in [0.2, 0.25) is 0 Å². The summed E-state index contributed by atoms with van der Waals surface area (Å²) in [6.07, 6.45) is 5.65. The Kier molecular flexibility index (Phi) is 2.93. The van der Waals surface area contributed by atoms with E-state index in [1.165, 1.54) is 24.8 Å². The van der Waals surface area contributed by atoms with Crippen molar-refractivity contribution in [3.8, 4) is 11.3 Å². The summed E-state index contributed by atoms with van der Waals surface area (Å²) < 4.78 is 0.825. The van der Waals surface area contributed by atoms with Gasteiger partial charge in [0.15, 0.2) is 0 Å². The fourth-order valence-corrected chi connectivity index (χ4v) is 2.47. The van der Waals surface area contributed by atoms with Gasteiger partial charge in [0, 0.05) is 5.56 Å². The third-order valence-corrected chi connectivity index (χ3v) is 3.85.